The highest BCUT2D eigenvalue weighted by Crippen LogP contribution is 2.29. The molecular formula is C7H14OS. The van der Waals surface area contributed by atoms with Gasteiger partial charge in [0.1, 0.15) is 0 Å². The molecule has 1 saturated heterocycles. The Labute approximate surface area is 59.3 Å². The predicted molar refractivity (Wildman–Crippen MR) is 40.8 cm³/mol. The first-order chi connectivity index (χ1) is 4.13. The highest BCUT2D eigenvalue weighted by molar-refractivity contribution is 7.87. The summed E-state index contributed by atoms with van der Waals surface area (Å²) in [5.74, 6) is 0.613. The molecule has 0 aromatic carbocycles. The van der Waals surface area contributed by atoms with E-state index in [-0.39, 0.29) is 0 Å². The van der Waals surface area contributed by atoms with Crippen LogP contribution in [0.2, 0.25) is 0 Å². The molecule has 0 aromatic rings. The molecule has 0 bridgehead atoms. The zero-order valence-electron chi connectivity index (χ0n) is 6.26. The highest BCUT2D eigenvalue weighted by atomic mass is 32.2. The Balaban J connectivity index is 2.42. The summed E-state index contributed by atoms with van der Waals surface area (Å²) in [6.45, 7) is 6.36. The first kappa shape index (κ1) is 7.26. The molecule has 0 N–H and O–H groups in total. The third-order valence-corrected chi connectivity index (χ3v) is 4.32. The lowest BCUT2D eigenvalue weighted by atomic mass is 10.1. The van der Waals surface area contributed by atoms with E-state index in [4.69, 9.17) is 0 Å². The molecule has 0 radical (unpaired) electrons. The van der Waals surface area contributed by atoms with Gasteiger partial charge in [0.25, 0.3) is 0 Å². The van der Waals surface area contributed by atoms with Gasteiger partial charge in [0, 0.05) is 21.3 Å². The van der Waals surface area contributed by atoms with Gasteiger partial charge >= 0.3 is 0 Å². The molecule has 1 aliphatic heterocycles. The summed E-state index contributed by atoms with van der Waals surface area (Å²) in [6, 6.07) is 0. The Morgan fingerprint density at radius 1 is 1.56 bits per heavy atom. The molecule has 54 valence electrons. The van der Waals surface area contributed by atoms with Gasteiger partial charge in [-0.05, 0) is 12.3 Å². The van der Waals surface area contributed by atoms with Crippen LogP contribution in [-0.4, -0.2) is 14.7 Å². The van der Waals surface area contributed by atoms with Gasteiger partial charge in [0.15, 0.2) is 0 Å². The molecule has 1 nitrogen and oxygen atoms in total. The van der Waals surface area contributed by atoms with Gasteiger partial charge < -0.3 is 0 Å². The number of rotatable bonds is 1. The van der Waals surface area contributed by atoms with Crippen LogP contribution in [0.5, 0.6) is 0 Å². The number of hydrogen-bond acceptors (Lipinski definition) is 1. The molecule has 2 unspecified atom stereocenters. The van der Waals surface area contributed by atoms with Gasteiger partial charge in [-0.25, -0.2) is 0 Å². The minimum atomic E-state index is -0.505. The Morgan fingerprint density at radius 3 is 2.22 bits per heavy atom. The topological polar surface area (TPSA) is 17.1 Å². The summed E-state index contributed by atoms with van der Waals surface area (Å²) in [5, 5.41) is 0.970. The summed E-state index contributed by atoms with van der Waals surface area (Å²) in [7, 11) is -0.505. The summed E-state index contributed by atoms with van der Waals surface area (Å²) in [4.78, 5) is 0. The van der Waals surface area contributed by atoms with E-state index in [1.54, 1.807) is 0 Å². The Morgan fingerprint density at radius 2 is 2.11 bits per heavy atom. The van der Waals surface area contributed by atoms with Crippen LogP contribution in [0.15, 0.2) is 0 Å². The highest BCUT2D eigenvalue weighted by Gasteiger charge is 2.36. The molecular weight excluding hydrogens is 132 g/mol. The molecule has 3 atom stereocenters. The fourth-order valence-corrected chi connectivity index (χ4v) is 2.88. The molecule has 1 rings (SSSR count). The van der Waals surface area contributed by atoms with E-state index in [0.29, 0.717) is 16.4 Å². The van der Waals surface area contributed by atoms with E-state index in [0.717, 1.165) is 0 Å². The minimum Gasteiger partial charge on any atom is -0.259 e. The summed E-state index contributed by atoms with van der Waals surface area (Å²) < 4.78 is 11.1. The molecule has 9 heavy (non-hydrogen) atoms. The maximum atomic E-state index is 11.1. The van der Waals surface area contributed by atoms with Crippen molar-refractivity contribution < 1.29 is 4.21 Å². The van der Waals surface area contributed by atoms with E-state index in [9.17, 15) is 4.21 Å². The van der Waals surface area contributed by atoms with E-state index in [1.165, 1.54) is 6.42 Å². The summed E-state index contributed by atoms with van der Waals surface area (Å²) in [6.07, 6.45) is 1.17. The van der Waals surface area contributed by atoms with Crippen molar-refractivity contribution in [3.63, 3.8) is 0 Å². The quantitative estimate of drug-likeness (QED) is 0.548. The second-order valence-corrected chi connectivity index (χ2v) is 5.22. The van der Waals surface area contributed by atoms with Crippen molar-refractivity contribution in [3.8, 4) is 0 Å². The molecule has 1 heterocycles. The van der Waals surface area contributed by atoms with Gasteiger partial charge in [0.05, 0.1) is 0 Å². The second kappa shape index (κ2) is 2.41. The first-order valence-corrected chi connectivity index (χ1v) is 4.80. The predicted octanol–water partition coefficient (Wildman–Crippen LogP) is 1.55. The average molecular weight is 146 g/mol. The molecule has 1 aliphatic rings. The maximum absolute atomic E-state index is 11.1. The lowest BCUT2D eigenvalue weighted by molar-refractivity contribution is 0.500. The van der Waals surface area contributed by atoms with Crippen LogP contribution < -0.4 is 0 Å². The van der Waals surface area contributed by atoms with Crippen LogP contribution in [0.3, 0.4) is 0 Å². The SMILES string of the molecule is CC(C)C1C[C@H](C)S1=O. The molecule has 0 aromatic heterocycles. The largest absolute Gasteiger partial charge is 0.259 e. The number of hydrogen-bond donors (Lipinski definition) is 0. The van der Waals surface area contributed by atoms with Gasteiger partial charge in [0.2, 0.25) is 0 Å². The third-order valence-electron chi connectivity index (χ3n) is 2.00. The molecule has 0 saturated carbocycles. The molecule has 0 amide bonds. The van der Waals surface area contributed by atoms with Gasteiger partial charge in [-0.3, -0.25) is 4.21 Å². The van der Waals surface area contributed by atoms with Crippen LogP contribution >= 0.6 is 0 Å². The fraction of sp³-hybridized carbons (Fsp3) is 1.00. The van der Waals surface area contributed by atoms with Crippen molar-refractivity contribution in [3.05, 3.63) is 0 Å². The molecule has 1 fully saturated rings. The van der Waals surface area contributed by atoms with Crippen molar-refractivity contribution in [1.82, 2.24) is 0 Å². The lowest BCUT2D eigenvalue weighted by Gasteiger charge is -2.34. The summed E-state index contributed by atoms with van der Waals surface area (Å²) >= 11 is 0. The van der Waals surface area contributed by atoms with Gasteiger partial charge in [-0.1, -0.05) is 20.8 Å². The van der Waals surface area contributed by atoms with Crippen LogP contribution in [0.4, 0.5) is 0 Å². The maximum Gasteiger partial charge on any atom is 0.0385 e. The van der Waals surface area contributed by atoms with Crippen LogP contribution in [0.25, 0.3) is 0 Å². The Kier molecular flexibility index (Phi) is 1.94. The Bertz CT molecular complexity index is 131. The van der Waals surface area contributed by atoms with Gasteiger partial charge in [-0.15, -0.1) is 0 Å². The van der Waals surface area contributed by atoms with E-state index < -0.39 is 10.8 Å². The van der Waals surface area contributed by atoms with E-state index in [1.807, 2.05) is 0 Å². The normalized spacial score (nSPS) is 42.9. The first-order valence-electron chi connectivity index (χ1n) is 3.52. The van der Waals surface area contributed by atoms with E-state index >= 15 is 0 Å². The average Bonchev–Trinajstić information content (AvgIpc) is 1.81. The van der Waals surface area contributed by atoms with Crippen molar-refractivity contribution in [2.75, 3.05) is 0 Å². The van der Waals surface area contributed by atoms with Crippen molar-refractivity contribution in [1.29, 1.82) is 0 Å². The lowest BCUT2D eigenvalue weighted by Crippen LogP contribution is -2.41. The van der Waals surface area contributed by atoms with Crippen LogP contribution in [0.1, 0.15) is 27.2 Å². The second-order valence-electron chi connectivity index (χ2n) is 3.16. The summed E-state index contributed by atoms with van der Waals surface area (Å²) in [5.41, 5.74) is 0. The minimum absolute atomic E-state index is 0.470. The zero-order valence-corrected chi connectivity index (χ0v) is 7.07. The van der Waals surface area contributed by atoms with Crippen molar-refractivity contribution in [2.45, 2.75) is 37.7 Å². The van der Waals surface area contributed by atoms with E-state index in [2.05, 4.69) is 20.8 Å². The monoisotopic (exact) mass is 146 g/mol. The third kappa shape index (κ3) is 1.18. The van der Waals surface area contributed by atoms with Crippen LogP contribution in [-0.2, 0) is 10.8 Å². The van der Waals surface area contributed by atoms with Crippen molar-refractivity contribution >= 4 is 10.8 Å². The van der Waals surface area contributed by atoms with Crippen LogP contribution in [0, 0.1) is 5.92 Å². The smallest absolute Gasteiger partial charge is 0.0385 e. The molecule has 2 heteroatoms. The molecule has 0 aliphatic carbocycles. The molecule has 0 spiro atoms. The Hall–Kier alpha value is 0.150. The fourth-order valence-electron chi connectivity index (χ4n) is 1.23. The zero-order chi connectivity index (χ0) is 7.02. The standard InChI is InChI=1S/C7H14OS/c1-5(2)7-4-6(3)9(7)8/h5-7H,4H2,1-3H3/t6-,7?,9?/m0/s1. The van der Waals surface area contributed by atoms with Gasteiger partial charge in [-0.2, -0.15) is 0 Å². The van der Waals surface area contributed by atoms with Crippen molar-refractivity contribution in [2.24, 2.45) is 5.92 Å².